The second-order valence-electron chi connectivity index (χ2n) is 7.82. The van der Waals surface area contributed by atoms with Gasteiger partial charge in [0.2, 0.25) is 0 Å². The van der Waals surface area contributed by atoms with Gasteiger partial charge in [-0.3, -0.25) is 14.3 Å². The van der Waals surface area contributed by atoms with Gasteiger partial charge in [0.1, 0.15) is 16.2 Å². The Morgan fingerprint density at radius 3 is 2.54 bits per heavy atom. The van der Waals surface area contributed by atoms with Gasteiger partial charge in [-0.25, -0.2) is 4.52 Å². The summed E-state index contributed by atoms with van der Waals surface area (Å²) in [5.74, 6) is -0.946. The average Bonchev–Trinajstić information content (AvgIpc) is 3.51. The highest BCUT2D eigenvalue weighted by Gasteiger charge is 2.65. The first kappa shape index (κ1) is 23.1. The number of carbonyl (C=O) groups is 1. The van der Waals surface area contributed by atoms with E-state index in [-0.39, 0.29) is 17.8 Å². The van der Waals surface area contributed by atoms with Crippen molar-refractivity contribution in [1.29, 1.82) is 0 Å². The standard InChI is InChI=1S/C22H16F5N5OS2/c1-14-5-6-16(29-22(33)15-3-2-4-17(9-15)35(23,24,25,26)27)10-19(14)31-7-8-32-21(31)11-18(30-32)20-12-28-13-34-20/h2-13H,1H3,(H,29,33). The molecule has 0 aliphatic rings. The minimum Gasteiger partial charge on any atom is -0.322 e. The molecule has 0 fully saturated rings. The van der Waals surface area contributed by atoms with Crippen LogP contribution >= 0.6 is 21.6 Å². The Balaban J connectivity index is 1.47. The van der Waals surface area contributed by atoms with E-state index in [9.17, 15) is 24.2 Å². The lowest BCUT2D eigenvalue weighted by Crippen LogP contribution is -2.14. The summed E-state index contributed by atoms with van der Waals surface area (Å²) in [5, 5.41) is 7.01. The maximum Gasteiger partial charge on any atom is 0.310 e. The van der Waals surface area contributed by atoms with Crippen molar-refractivity contribution in [2.75, 3.05) is 5.32 Å². The van der Waals surface area contributed by atoms with Gasteiger partial charge in [0, 0.05) is 35.9 Å². The van der Waals surface area contributed by atoms with Gasteiger partial charge in [0.15, 0.2) is 0 Å². The molecule has 0 bridgehead atoms. The number of imidazole rings is 1. The topological polar surface area (TPSA) is 64.2 Å². The Hall–Kier alpha value is -3.71. The van der Waals surface area contributed by atoms with Crippen LogP contribution in [0.1, 0.15) is 15.9 Å². The molecule has 0 spiro atoms. The highest BCUT2D eigenvalue weighted by molar-refractivity contribution is 8.45. The number of aromatic nitrogens is 4. The Labute approximate surface area is 199 Å². The van der Waals surface area contributed by atoms with Crippen LogP contribution in [0.2, 0.25) is 0 Å². The smallest absolute Gasteiger partial charge is 0.310 e. The first-order valence-electron chi connectivity index (χ1n) is 10.0. The summed E-state index contributed by atoms with van der Waals surface area (Å²) >= 11 is 1.45. The van der Waals surface area contributed by atoms with Gasteiger partial charge < -0.3 is 5.32 Å². The number of nitrogens with one attached hydrogen (secondary N) is 1. The molecule has 0 radical (unpaired) electrons. The largest absolute Gasteiger partial charge is 0.322 e. The molecule has 0 unspecified atom stereocenters. The molecule has 0 aliphatic carbocycles. The molecule has 35 heavy (non-hydrogen) atoms. The molecule has 0 saturated heterocycles. The summed E-state index contributed by atoms with van der Waals surface area (Å²) < 4.78 is 69.3. The van der Waals surface area contributed by atoms with E-state index in [0.717, 1.165) is 33.9 Å². The zero-order valence-corrected chi connectivity index (χ0v) is 19.5. The normalized spacial score (nSPS) is 14.0. The number of rotatable bonds is 5. The molecule has 2 aromatic carbocycles. The fourth-order valence-electron chi connectivity index (χ4n) is 3.57. The number of hydrogen-bond acceptors (Lipinski definition) is 4. The number of nitrogens with zero attached hydrogens (tertiary/aromatic N) is 4. The third-order valence-corrected chi connectivity index (χ3v) is 7.21. The number of thiazole rings is 1. The molecule has 0 aliphatic heterocycles. The molecule has 1 N–H and O–H groups in total. The number of halogens is 5. The van der Waals surface area contributed by atoms with Crippen LogP contribution in [0.4, 0.5) is 25.1 Å². The molecule has 6 nitrogen and oxygen atoms in total. The summed E-state index contributed by atoms with van der Waals surface area (Å²) in [6.07, 6.45) is 5.25. The summed E-state index contributed by atoms with van der Waals surface area (Å²) in [6, 6.07) is 9.06. The van der Waals surface area contributed by atoms with Crippen LogP contribution in [0.3, 0.4) is 0 Å². The van der Waals surface area contributed by atoms with Crippen molar-refractivity contribution in [3.8, 4) is 16.3 Å². The molecule has 1 amide bonds. The Kier molecular flexibility index (Phi) is 4.71. The number of hydrogen-bond donors (Lipinski definition) is 1. The molecule has 5 aromatic rings. The third-order valence-electron chi connectivity index (χ3n) is 5.27. The summed E-state index contributed by atoms with van der Waals surface area (Å²) in [5.41, 5.74) is 4.47. The van der Waals surface area contributed by atoms with Crippen LogP contribution in [-0.4, -0.2) is 25.1 Å². The monoisotopic (exact) mass is 525 g/mol. The first-order chi connectivity index (χ1) is 16.3. The van der Waals surface area contributed by atoms with Crippen LogP contribution in [0.15, 0.2) is 77.5 Å². The Bertz CT molecular complexity index is 1590. The third kappa shape index (κ3) is 4.51. The summed E-state index contributed by atoms with van der Waals surface area (Å²) in [6.45, 7) is 1.86. The van der Waals surface area contributed by atoms with Gasteiger partial charge in [0.25, 0.3) is 5.91 Å². The second kappa shape index (κ2) is 7.15. The summed E-state index contributed by atoms with van der Waals surface area (Å²) in [4.78, 5) is 15.4. The fraction of sp³-hybridized carbons (Fsp3) is 0.0455. The molecule has 3 heterocycles. The van der Waals surface area contributed by atoms with E-state index in [1.54, 1.807) is 46.8 Å². The van der Waals surface area contributed by atoms with E-state index < -0.39 is 26.6 Å². The van der Waals surface area contributed by atoms with E-state index in [1.165, 1.54) is 11.3 Å². The maximum atomic E-state index is 13.1. The lowest BCUT2D eigenvalue weighted by molar-refractivity contribution is 0.102. The predicted molar refractivity (Wildman–Crippen MR) is 126 cm³/mol. The van der Waals surface area contributed by atoms with Crippen LogP contribution in [0.5, 0.6) is 0 Å². The van der Waals surface area contributed by atoms with Crippen LogP contribution in [0, 0.1) is 6.92 Å². The van der Waals surface area contributed by atoms with Crippen molar-refractivity contribution in [2.45, 2.75) is 11.8 Å². The van der Waals surface area contributed by atoms with Crippen molar-refractivity contribution >= 4 is 38.8 Å². The molecule has 0 atom stereocenters. The van der Waals surface area contributed by atoms with Gasteiger partial charge in [-0.15, -0.1) is 11.3 Å². The van der Waals surface area contributed by atoms with E-state index in [4.69, 9.17) is 0 Å². The minimum atomic E-state index is -9.91. The lowest BCUT2D eigenvalue weighted by atomic mass is 10.1. The minimum absolute atomic E-state index is 0.161. The summed E-state index contributed by atoms with van der Waals surface area (Å²) in [7, 11) is -9.91. The maximum absolute atomic E-state index is 13.1. The van der Waals surface area contributed by atoms with Gasteiger partial charge in [-0.05, 0) is 42.8 Å². The van der Waals surface area contributed by atoms with Gasteiger partial charge in [-0.1, -0.05) is 31.6 Å². The predicted octanol–water partition coefficient (Wildman–Crippen LogP) is 7.47. The van der Waals surface area contributed by atoms with Crippen LogP contribution in [-0.2, 0) is 0 Å². The number of fused-ring (bicyclic) bond motifs is 1. The van der Waals surface area contributed by atoms with Crippen molar-refractivity contribution in [2.24, 2.45) is 0 Å². The average molecular weight is 526 g/mol. The Morgan fingerprint density at radius 1 is 1.03 bits per heavy atom. The lowest BCUT2D eigenvalue weighted by Gasteiger charge is -2.40. The molecule has 3 aromatic heterocycles. The van der Waals surface area contributed by atoms with E-state index in [2.05, 4.69) is 15.4 Å². The van der Waals surface area contributed by atoms with Crippen molar-refractivity contribution < 1.29 is 24.2 Å². The first-order valence-corrected chi connectivity index (χ1v) is 12.8. The SMILES string of the molecule is Cc1ccc(NC(=O)c2cccc(S(F)(F)(F)(F)F)c2)cc1-n1ccn2nc(-c3cncs3)cc12. The molecular formula is C22H16F5N5OS2. The molecular weight excluding hydrogens is 509 g/mol. The van der Waals surface area contributed by atoms with Gasteiger partial charge in [0.05, 0.1) is 16.1 Å². The van der Waals surface area contributed by atoms with Crippen molar-refractivity contribution in [3.63, 3.8) is 0 Å². The number of aryl methyl sites for hydroxylation is 1. The fourth-order valence-corrected chi connectivity index (χ4v) is 4.84. The van der Waals surface area contributed by atoms with E-state index >= 15 is 0 Å². The zero-order valence-electron chi connectivity index (χ0n) is 17.8. The highest BCUT2D eigenvalue weighted by atomic mass is 32.5. The number of carbonyl (C=O) groups excluding carboxylic acids is 1. The molecule has 182 valence electrons. The van der Waals surface area contributed by atoms with Crippen LogP contribution < -0.4 is 5.32 Å². The number of amides is 1. The molecule has 5 rings (SSSR count). The highest BCUT2D eigenvalue weighted by Crippen LogP contribution is 3.02. The Morgan fingerprint density at radius 2 is 1.83 bits per heavy atom. The van der Waals surface area contributed by atoms with Crippen molar-refractivity contribution in [3.05, 3.63) is 83.8 Å². The quantitative estimate of drug-likeness (QED) is 0.242. The number of anilines is 1. The van der Waals surface area contributed by atoms with E-state index in [0.29, 0.717) is 5.69 Å². The molecule has 13 heteroatoms. The van der Waals surface area contributed by atoms with Gasteiger partial charge >= 0.3 is 10.2 Å². The van der Waals surface area contributed by atoms with Crippen LogP contribution in [0.25, 0.3) is 21.9 Å². The van der Waals surface area contributed by atoms with E-state index in [1.807, 2.05) is 17.6 Å². The zero-order chi connectivity index (χ0) is 25.1. The van der Waals surface area contributed by atoms with Gasteiger partial charge in [-0.2, -0.15) is 5.10 Å². The molecule has 0 saturated carbocycles. The second-order valence-corrected chi connectivity index (χ2v) is 11.1. The van der Waals surface area contributed by atoms with Crippen molar-refractivity contribution in [1.82, 2.24) is 19.2 Å². The number of benzene rings is 2.